The minimum atomic E-state index is 0.0190. The standard InChI is InChI=1S/C20H20ClN3O2S/c21-17-10-8-16(9-11-17)20-23-19(26-24-20)14-27-13-18(25)22-12-4-7-15-5-2-1-3-6-15/h1-3,5-6,8-11H,4,7,12-14H2,(H,22,25). The summed E-state index contributed by atoms with van der Waals surface area (Å²) in [6.07, 6.45) is 1.89. The van der Waals surface area contributed by atoms with Crippen molar-refractivity contribution in [2.75, 3.05) is 12.3 Å². The van der Waals surface area contributed by atoms with Gasteiger partial charge >= 0.3 is 0 Å². The van der Waals surface area contributed by atoms with Crippen molar-refractivity contribution in [1.29, 1.82) is 0 Å². The second kappa shape index (κ2) is 10.1. The van der Waals surface area contributed by atoms with Gasteiger partial charge < -0.3 is 9.84 Å². The van der Waals surface area contributed by atoms with Gasteiger partial charge in [-0.25, -0.2) is 0 Å². The molecule has 1 N–H and O–H groups in total. The first-order valence-electron chi connectivity index (χ1n) is 8.67. The van der Waals surface area contributed by atoms with Gasteiger partial charge in [0, 0.05) is 17.1 Å². The average molecular weight is 402 g/mol. The molecule has 0 saturated carbocycles. The van der Waals surface area contributed by atoms with E-state index in [4.69, 9.17) is 16.1 Å². The summed E-state index contributed by atoms with van der Waals surface area (Å²) >= 11 is 7.32. The van der Waals surface area contributed by atoms with E-state index in [1.54, 1.807) is 12.1 Å². The third-order valence-corrected chi connectivity index (χ3v) is 5.01. The van der Waals surface area contributed by atoms with Gasteiger partial charge in [0.25, 0.3) is 0 Å². The molecule has 0 saturated heterocycles. The van der Waals surface area contributed by atoms with E-state index in [2.05, 4.69) is 27.6 Å². The van der Waals surface area contributed by atoms with Gasteiger partial charge in [0.05, 0.1) is 11.5 Å². The summed E-state index contributed by atoms with van der Waals surface area (Å²) in [5.74, 6) is 1.90. The Morgan fingerprint density at radius 2 is 1.89 bits per heavy atom. The summed E-state index contributed by atoms with van der Waals surface area (Å²) < 4.78 is 5.23. The average Bonchev–Trinajstić information content (AvgIpc) is 3.15. The summed E-state index contributed by atoms with van der Waals surface area (Å²) in [4.78, 5) is 16.2. The largest absolute Gasteiger partial charge is 0.355 e. The van der Waals surface area contributed by atoms with E-state index in [1.807, 2.05) is 30.3 Å². The van der Waals surface area contributed by atoms with Crippen LogP contribution in [-0.4, -0.2) is 28.3 Å². The first-order valence-corrected chi connectivity index (χ1v) is 10.2. The SMILES string of the molecule is O=C(CSCc1nc(-c2ccc(Cl)cc2)no1)NCCCc1ccccc1. The number of aromatic nitrogens is 2. The summed E-state index contributed by atoms with van der Waals surface area (Å²) in [6.45, 7) is 0.676. The van der Waals surface area contributed by atoms with Crippen LogP contribution in [-0.2, 0) is 17.0 Å². The second-order valence-corrected chi connectivity index (χ2v) is 7.37. The number of thioether (sulfide) groups is 1. The molecule has 0 unspecified atom stereocenters. The lowest BCUT2D eigenvalue weighted by atomic mass is 10.1. The molecular weight excluding hydrogens is 382 g/mol. The van der Waals surface area contributed by atoms with Gasteiger partial charge in [-0.3, -0.25) is 4.79 Å². The number of nitrogens with zero attached hydrogens (tertiary/aromatic N) is 2. The topological polar surface area (TPSA) is 68.0 Å². The smallest absolute Gasteiger partial charge is 0.236 e. The highest BCUT2D eigenvalue weighted by Gasteiger charge is 2.09. The molecule has 2 aromatic carbocycles. The first kappa shape index (κ1) is 19.5. The van der Waals surface area contributed by atoms with Gasteiger partial charge in [-0.05, 0) is 42.7 Å². The van der Waals surface area contributed by atoms with Crippen LogP contribution < -0.4 is 5.32 Å². The van der Waals surface area contributed by atoms with Crippen molar-refractivity contribution < 1.29 is 9.32 Å². The van der Waals surface area contributed by atoms with Crippen molar-refractivity contribution in [3.8, 4) is 11.4 Å². The number of halogens is 1. The number of rotatable bonds is 9. The Balaban J connectivity index is 1.33. The minimum absolute atomic E-state index is 0.0190. The van der Waals surface area contributed by atoms with Crippen molar-refractivity contribution >= 4 is 29.3 Å². The molecule has 7 heteroatoms. The predicted octanol–water partition coefficient (Wildman–Crippen LogP) is 4.37. The lowest BCUT2D eigenvalue weighted by molar-refractivity contribution is -0.118. The summed E-state index contributed by atoms with van der Waals surface area (Å²) in [5, 5.41) is 7.56. The zero-order valence-electron chi connectivity index (χ0n) is 14.7. The molecule has 1 heterocycles. The second-order valence-electron chi connectivity index (χ2n) is 5.95. The molecule has 140 valence electrons. The van der Waals surface area contributed by atoms with Gasteiger partial charge in [-0.15, -0.1) is 11.8 Å². The molecule has 0 radical (unpaired) electrons. The van der Waals surface area contributed by atoms with Crippen LogP contribution >= 0.6 is 23.4 Å². The first-order chi connectivity index (χ1) is 13.2. The summed E-state index contributed by atoms with van der Waals surface area (Å²) in [6, 6.07) is 17.5. The van der Waals surface area contributed by atoms with Gasteiger partial charge in [-0.1, -0.05) is 47.1 Å². The number of amides is 1. The molecule has 3 rings (SSSR count). The Morgan fingerprint density at radius 3 is 2.67 bits per heavy atom. The quantitative estimate of drug-likeness (QED) is 0.539. The van der Waals surface area contributed by atoms with Gasteiger partial charge in [-0.2, -0.15) is 4.98 Å². The normalized spacial score (nSPS) is 10.7. The Hall–Kier alpha value is -2.31. The monoisotopic (exact) mass is 401 g/mol. The number of hydrogen-bond donors (Lipinski definition) is 1. The molecule has 0 atom stereocenters. The van der Waals surface area contributed by atoms with Crippen molar-refractivity contribution in [2.45, 2.75) is 18.6 Å². The third-order valence-electron chi connectivity index (χ3n) is 3.84. The molecule has 0 spiro atoms. The van der Waals surface area contributed by atoms with Crippen LogP contribution in [0.25, 0.3) is 11.4 Å². The molecule has 3 aromatic rings. The lowest BCUT2D eigenvalue weighted by Gasteiger charge is -2.04. The molecule has 0 aliphatic heterocycles. The molecule has 1 amide bonds. The van der Waals surface area contributed by atoms with Crippen molar-refractivity contribution in [1.82, 2.24) is 15.5 Å². The number of carbonyl (C=O) groups is 1. The van der Waals surface area contributed by atoms with Crippen LogP contribution in [0.15, 0.2) is 59.1 Å². The Labute approximate surface area is 167 Å². The third kappa shape index (κ3) is 6.41. The minimum Gasteiger partial charge on any atom is -0.355 e. The van der Waals surface area contributed by atoms with Crippen LogP contribution in [0.5, 0.6) is 0 Å². The van der Waals surface area contributed by atoms with E-state index in [0.29, 0.717) is 34.8 Å². The maximum absolute atomic E-state index is 11.9. The fourth-order valence-corrected chi connectivity index (χ4v) is 3.28. The van der Waals surface area contributed by atoms with Crippen LogP contribution in [0, 0.1) is 0 Å². The molecule has 0 bridgehead atoms. The van der Waals surface area contributed by atoms with Crippen LogP contribution in [0.3, 0.4) is 0 Å². The molecule has 0 aliphatic carbocycles. The van der Waals surface area contributed by atoms with Crippen LogP contribution in [0.1, 0.15) is 17.9 Å². The Bertz CT molecular complexity index is 853. The van der Waals surface area contributed by atoms with Crippen LogP contribution in [0.4, 0.5) is 0 Å². The van der Waals surface area contributed by atoms with E-state index in [0.717, 1.165) is 18.4 Å². The molecule has 5 nitrogen and oxygen atoms in total. The summed E-state index contributed by atoms with van der Waals surface area (Å²) in [5.41, 5.74) is 2.13. The molecule has 27 heavy (non-hydrogen) atoms. The van der Waals surface area contributed by atoms with Gasteiger partial charge in [0.2, 0.25) is 17.6 Å². The number of nitrogens with one attached hydrogen (secondary N) is 1. The number of carbonyl (C=O) groups excluding carboxylic acids is 1. The van der Waals surface area contributed by atoms with E-state index in [-0.39, 0.29) is 5.91 Å². The fourth-order valence-electron chi connectivity index (χ4n) is 2.48. The summed E-state index contributed by atoms with van der Waals surface area (Å²) in [7, 11) is 0. The number of benzene rings is 2. The molecular formula is C20H20ClN3O2S. The number of aryl methyl sites for hydroxylation is 1. The Morgan fingerprint density at radius 1 is 1.11 bits per heavy atom. The van der Waals surface area contributed by atoms with Crippen molar-refractivity contribution in [2.24, 2.45) is 0 Å². The predicted molar refractivity (Wildman–Crippen MR) is 109 cm³/mol. The maximum Gasteiger partial charge on any atom is 0.236 e. The van der Waals surface area contributed by atoms with Gasteiger partial charge in [0.1, 0.15) is 0 Å². The molecule has 0 fully saturated rings. The van der Waals surface area contributed by atoms with E-state index < -0.39 is 0 Å². The van der Waals surface area contributed by atoms with E-state index in [9.17, 15) is 4.79 Å². The maximum atomic E-state index is 11.9. The Kier molecular flexibility index (Phi) is 7.30. The highest BCUT2D eigenvalue weighted by atomic mass is 35.5. The van der Waals surface area contributed by atoms with Crippen LogP contribution in [0.2, 0.25) is 5.02 Å². The lowest BCUT2D eigenvalue weighted by Crippen LogP contribution is -2.26. The van der Waals surface area contributed by atoms with E-state index >= 15 is 0 Å². The molecule has 1 aromatic heterocycles. The fraction of sp³-hybridized carbons (Fsp3) is 0.250. The van der Waals surface area contributed by atoms with Crippen molar-refractivity contribution in [3.05, 3.63) is 71.1 Å². The van der Waals surface area contributed by atoms with Crippen molar-refractivity contribution in [3.63, 3.8) is 0 Å². The zero-order valence-corrected chi connectivity index (χ0v) is 16.3. The van der Waals surface area contributed by atoms with Gasteiger partial charge in [0.15, 0.2) is 0 Å². The highest BCUT2D eigenvalue weighted by molar-refractivity contribution is 7.99. The number of hydrogen-bond acceptors (Lipinski definition) is 5. The van der Waals surface area contributed by atoms with E-state index in [1.165, 1.54) is 17.3 Å². The highest BCUT2D eigenvalue weighted by Crippen LogP contribution is 2.20. The zero-order chi connectivity index (χ0) is 18.9. The molecule has 0 aliphatic rings.